The van der Waals surface area contributed by atoms with Crippen LogP contribution in [-0.2, 0) is 4.74 Å². The average Bonchev–Trinajstić information content (AvgIpc) is 2.12. The fourth-order valence-electron chi connectivity index (χ4n) is 1.37. The lowest BCUT2D eigenvalue weighted by molar-refractivity contribution is 0.148. The van der Waals surface area contributed by atoms with Crippen LogP contribution in [0.4, 0.5) is 0 Å². The van der Waals surface area contributed by atoms with Crippen LogP contribution >= 0.6 is 0 Å². The zero-order valence-corrected chi connectivity index (χ0v) is 8.55. The molecule has 0 aromatic carbocycles. The van der Waals surface area contributed by atoms with E-state index in [0.717, 1.165) is 25.9 Å². The molecule has 0 fully saturated rings. The van der Waals surface area contributed by atoms with Crippen LogP contribution in [0.15, 0.2) is 0 Å². The second kappa shape index (κ2) is 8.06. The molecule has 13 heavy (non-hydrogen) atoms. The van der Waals surface area contributed by atoms with Crippen molar-refractivity contribution in [2.45, 2.75) is 32.2 Å². The van der Waals surface area contributed by atoms with Crippen LogP contribution in [0.1, 0.15) is 26.2 Å². The van der Waals surface area contributed by atoms with Gasteiger partial charge in [0.05, 0.1) is 0 Å². The molecule has 2 unspecified atom stereocenters. The molecule has 0 heterocycles. The van der Waals surface area contributed by atoms with E-state index in [2.05, 4.69) is 18.3 Å². The molecule has 0 spiro atoms. The molecule has 76 valence electrons. The van der Waals surface area contributed by atoms with Gasteiger partial charge >= 0.3 is 0 Å². The Morgan fingerprint density at radius 1 is 1.62 bits per heavy atom. The van der Waals surface area contributed by atoms with Crippen molar-refractivity contribution in [1.29, 1.82) is 0 Å². The maximum Gasteiger partial charge on any atom is 0.0488 e. The van der Waals surface area contributed by atoms with Gasteiger partial charge in [-0.25, -0.2) is 0 Å². The van der Waals surface area contributed by atoms with Crippen LogP contribution < -0.4 is 11.3 Å². The second-order valence-corrected chi connectivity index (χ2v) is 3.40. The summed E-state index contributed by atoms with van der Waals surface area (Å²) in [6.45, 7) is 2.91. The Balaban J connectivity index is 3.63. The number of rotatable bonds is 7. The standard InChI is InChI=1S/C10H20N2O/c1-4-5-6-10(12-11)7-9(2)8-13-3/h1,9-10,12H,5-8,11H2,2-3H3. The Labute approximate surface area is 81.0 Å². The molecule has 0 aromatic heterocycles. The number of hydrogen-bond donors (Lipinski definition) is 2. The fourth-order valence-corrected chi connectivity index (χ4v) is 1.37. The Kier molecular flexibility index (Phi) is 7.71. The fraction of sp³-hybridized carbons (Fsp3) is 0.800. The summed E-state index contributed by atoms with van der Waals surface area (Å²) in [6.07, 6.45) is 7.89. The van der Waals surface area contributed by atoms with Gasteiger partial charge in [-0.15, -0.1) is 12.3 Å². The minimum Gasteiger partial charge on any atom is -0.384 e. The average molecular weight is 184 g/mol. The SMILES string of the molecule is C#CCCC(CC(C)COC)NN. The van der Waals surface area contributed by atoms with Crippen molar-refractivity contribution in [2.24, 2.45) is 11.8 Å². The summed E-state index contributed by atoms with van der Waals surface area (Å²) in [6, 6.07) is 0.307. The van der Waals surface area contributed by atoms with Crippen LogP contribution in [0.5, 0.6) is 0 Å². The number of ether oxygens (including phenoxy) is 1. The van der Waals surface area contributed by atoms with E-state index in [9.17, 15) is 0 Å². The summed E-state index contributed by atoms with van der Waals surface area (Å²) >= 11 is 0. The summed E-state index contributed by atoms with van der Waals surface area (Å²) in [5.41, 5.74) is 2.78. The van der Waals surface area contributed by atoms with Gasteiger partial charge in [0.2, 0.25) is 0 Å². The first-order valence-corrected chi connectivity index (χ1v) is 4.63. The van der Waals surface area contributed by atoms with Crippen LogP contribution in [0.25, 0.3) is 0 Å². The molecular weight excluding hydrogens is 164 g/mol. The quantitative estimate of drug-likeness (QED) is 0.351. The summed E-state index contributed by atoms with van der Waals surface area (Å²) in [7, 11) is 1.71. The molecule has 0 rings (SSSR count). The molecule has 0 aliphatic rings. The number of hydrogen-bond acceptors (Lipinski definition) is 3. The van der Waals surface area contributed by atoms with Gasteiger partial charge in [0.25, 0.3) is 0 Å². The van der Waals surface area contributed by atoms with Gasteiger partial charge < -0.3 is 4.74 Å². The van der Waals surface area contributed by atoms with Gasteiger partial charge in [-0.2, -0.15) is 0 Å². The first kappa shape index (κ1) is 12.4. The molecule has 3 nitrogen and oxygen atoms in total. The Bertz CT molecular complexity index is 153. The third-order valence-electron chi connectivity index (χ3n) is 2.01. The largest absolute Gasteiger partial charge is 0.384 e. The van der Waals surface area contributed by atoms with Crippen molar-refractivity contribution in [3.05, 3.63) is 0 Å². The molecule has 0 aliphatic heterocycles. The zero-order valence-electron chi connectivity index (χ0n) is 8.55. The molecule has 0 saturated carbocycles. The van der Waals surface area contributed by atoms with Crippen molar-refractivity contribution in [2.75, 3.05) is 13.7 Å². The molecule has 3 heteroatoms. The van der Waals surface area contributed by atoms with Crippen molar-refractivity contribution in [3.63, 3.8) is 0 Å². The molecule has 0 bridgehead atoms. The second-order valence-electron chi connectivity index (χ2n) is 3.40. The van der Waals surface area contributed by atoms with Gasteiger partial charge in [-0.3, -0.25) is 11.3 Å². The Morgan fingerprint density at radius 2 is 2.31 bits per heavy atom. The van der Waals surface area contributed by atoms with E-state index >= 15 is 0 Å². The monoisotopic (exact) mass is 184 g/mol. The highest BCUT2D eigenvalue weighted by molar-refractivity contribution is 4.85. The van der Waals surface area contributed by atoms with Gasteiger partial charge in [-0.05, 0) is 18.8 Å². The van der Waals surface area contributed by atoms with Gasteiger partial charge in [-0.1, -0.05) is 6.92 Å². The first-order chi connectivity index (χ1) is 6.24. The molecule has 0 aromatic rings. The van der Waals surface area contributed by atoms with E-state index in [0.29, 0.717) is 12.0 Å². The summed E-state index contributed by atoms with van der Waals surface area (Å²) < 4.78 is 5.04. The molecule has 0 aliphatic carbocycles. The van der Waals surface area contributed by atoms with E-state index in [1.54, 1.807) is 7.11 Å². The van der Waals surface area contributed by atoms with Crippen molar-refractivity contribution < 1.29 is 4.74 Å². The summed E-state index contributed by atoms with van der Waals surface area (Å²) in [5, 5.41) is 0. The van der Waals surface area contributed by atoms with Gasteiger partial charge in [0, 0.05) is 26.2 Å². The maximum atomic E-state index is 5.40. The van der Waals surface area contributed by atoms with E-state index in [-0.39, 0.29) is 0 Å². The van der Waals surface area contributed by atoms with E-state index < -0.39 is 0 Å². The van der Waals surface area contributed by atoms with Crippen LogP contribution in [0.3, 0.4) is 0 Å². The molecule has 2 atom stereocenters. The number of terminal acetylenes is 1. The highest BCUT2D eigenvalue weighted by atomic mass is 16.5. The third kappa shape index (κ3) is 6.59. The number of methoxy groups -OCH3 is 1. The Morgan fingerprint density at radius 3 is 2.77 bits per heavy atom. The predicted molar refractivity (Wildman–Crippen MR) is 54.8 cm³/mol. The lowest BCUT2D eigenvalue weighted by Crippen LogP contribution is -2.36. The third-order valence-corrected chi connectivity index (χ3v) is 2.01. The number of nitrogens with one attached hydrogen (secondary N) is 1. The lowest BCUT2D eigenvalue weighted by atomic mass is 9.99. The van der Waals surface area contributed by atoms with Crippen molar-refractivity contribution in [1.82, 2.24) is 5.43 Å². The molecule has 0 amide bonds. The van der Waals surface area contributed by atoms with Crippen molar-refractivity contribution >= 4 is 0 Å². The lowest BCUT2D eigenvalue weighted by Gasteiger charge is -2.18. The smallest absolute Gasteiger partial charge is 0.0488 e. The first-order valence-electron chi connectivity index (χ1n) is 4.63. The molecule has 0 radical (unpaired) electrons. The molecule has 3 N–H and O–H groups in total. The topological polar surface area (TPSA) is 47.3 Å². The van der Waals surface area contributed by atoms with Gasteiger partial charge in [0.1, 0.15) is 0 Å². The molecule has 0 saturated heterocycles. The normalized spacial score (nSPS) is 14.9. The van der Waals surface area contributed by atoms with E-state index in [4.69, 9.17) is 17.0 Å². The van der Waals surface area contributed by atoms with Crippen LogP contribution in [0.2, 0.25) is 0 Å². The Hall–Kier alpha value is -0.560. The van der Waals surface area contributed by atoms with Crippen molar-refractivity contribution in [3.8, 4) is 12.3 Å². The maximum absolute atomic E-state index is 5.40. The van der Waals surface area contributed by atoms with Crippen LogP contribution in [0, 0.1) is 18.3 Å². The molecular formula is C10H20N2O. The van der Waals surface area contributed by atoms with E-state index in [1.807, 2.05) is 0 Å². The minimum atomic E-state index is 0.307. The minimum absolute atomic E-state index is 0.307. The van der Waals surface area contributed by atoms with Crippen LogP contribution in [-0.4, -0.2) is 19.8 Å². The number of nitrogens with two attached hydrogens (primary N) is 1. The summed E-state index contributed by atoms with van der Waals surface area (Å²) in [5.74, 6) is 8.53. The van der Waals surface area contributed by atoms with Gasteiger partial charge in [0.15, 0.2) is 0 Å². The number of hydrazine groups is 1. The summed E-state index contributed by atoms with van der Waals surface area (Å²) in [4.78, 5) is 0. The zero-order chi connectivity index (χ0) is 10.1. The predicted octanol–water partition coefficient (Wildman–Crippen LogP) is 0.904. The highest BCUT2D eigenvalue weighted by Gasteiger charge is 2.10. The highest BCUT2D eigenvalue weighted by Crippen LogP contribution is 2.09. The van der Waals surface area contributed by atoms with E-state index in [1.165, 1.54) is 0 Å².